The molecule has 0 aromatic carbocycles. The number of Topliss-reactive ketones (excluding diaryl/α,β-unsaturated/α-hetero) is 1. The van der Waals surface area contributed by atoms with Crippen LogP contribution in [0.2, 0.25) is 0 Å². The molecule has 0 fully saturated rings. The first-order valence-electron chi connectivity index (χ1n) is 9.03. The molecule has 3 N–H and O–H groups in total. The fraction of sp³-hybridized carbons (Fsp3) is 0.381. The highest BCUT2D eigenvalue weighted by molar-refractivity contribution is 6.01. The van der Waals surface area contributed by atoms with Crippen molar-refractivity contribution in [3.63, 3.8) is 0 Å². The first-order valence-corrected chi connectivity index (χ1v) is 9.03. The Balaban J connectivity index is 2.76. The van der Waals surface area contributed by atoms with Gasteiger partial charge in [0.15, 0.2) is 5.76 Å². The summed E-state index contributed by atoms with van der Waals surface area (Å²) < 4.78 is 5.10. The molecule has 1 unspecified atom stereocenters. The number of nitrogens with one attached hydrogen (secondary N) is 2. The van der Waals surface area contributed by atoms with Gasteiger partial charge in [0.1, 0.15) is 6.04 Å². The molecule has 2 atom stereocenters. The second-order valence-electron chi connectivity index (χ2n) is 6.80. The lowest BCUT2D eigenvalue weighted by molar-refractivity contribution is -0.128. The number of aliphatic hydroxyl groups excluding tert-OH is 1. The van der Waals surface area contributed by atoms with Crippen LogP contribution in [0, 0.1) is 5.92 Å². The number of furan rings is 1. The van der Waals surface area contributed by atoms with Crippen LogP contribution in [0.3, 0.4) is 0 Å². The van der Waals surface area contributed by atoms with Gasteiger partial charge in [-0.1, -0.05) is 37.6 Å². The van der Waals surface area contributed by atoms with Gasteiger partial charge in [0.05, 0.1) is 18.9 Å². The maximum absolute atomic E-state index is 12.5. The van der Waals surface area contributed by atoms with E-state index in [1.807, 2.05) is 19.9 Å². The van der Waals surface area contributed by atoms with Gasteiger partial charge < -0.3 is 20.2 Å². The molecule has 1 rings (SSSR count). The third-order valence-corrected chi connectivity index (χ3v) is 3.62. The molecule has 7 nitrogen and oxygen atoms in total. The van der Waals surface area contributed by atoms with Crippen molar-refractivity contribution in [2.75, 3.05) is 6.61 Å². The van der Waals surface area contributed by atoms with Gasteiger partial charge in [-0.05, 0) is 31.4 Å². The van der Waals surface area contributed by atoms with Crippen molar-refractivity contribution in [3.05, 3.63) is 60.6 Å². The Morgan fingerprint density at radius 1 is 1.21 bits per heavy atom. The van der Waals surface area contributed by atoms with Crippen LogP contribution in [-0.4, -0.2) is 41.4 Å². The van der Waals surface area contributed by atoms with Crippen LogP contribution in [-0.2, 0) is 9.59 Å². The van der Waals surface area contributed by atoms with E-state index in [9.17, 15) is 19.5 Å². The minimum Gasteiger partial charge on any atom is -0.461 e. The molecule has 0 bridgehead atoms. The van der Waals surface area contributed by atoms with E-state index >= 15 is 0 Å². The number of amides is 2. The van der Waals surface area contributed by atoms with Gasteiger partial charge in [0.25, 0.3) is 0 Å². The Bertz CT molecular complexity index is 732. The highest BCUT2D eigenvalue weighted by Crippen LogP contribution is 2.11. The minimum atomic E-state index is -1.19. The standard InChI is InChI=1S/C21H28N2O5/c1-14(2)8-5-6-10-19(25)22-17(13-24)21(27)23-16(12-15(3)4)20(26)18-9-7-11-28-18/h5-11,14,16-17,24H,3,12-13H2,1-2,4H3,(H,22,25)(H,23,27)/b8-5+,10-6+/t16-,17?/m0/s1. The summed E-state index contributed by atoms with van der Waals surface area (Å²) in [5.74, 6) is -1.16. The molecule has 0 spiro atoms. The number of rotatable bonds is 11. The molecular formula is C21H28N2O5. The molecule has 1 aromatic rings. The number of ketones is 1. The normalized spacial score (nSPS) is 13.6. The van der Waals surface area contributed by atoms with Crippen molar-refractivity contribution in [2.24, 2.45) is 5.92 Å². The molecule has 1 aromatic heterocycles. The van der Waals surface area contributed by atoms with Crippen molar-refractivity contribution >= 4 is 17.6 Å². The molecule has 0 aliphatic carbocycles. The van der Waals surface area contributed by atoms with Crippen molar-refractivity contribution in [3.8, 4) is 0 Å². The lowest BCUT2D eigenvalue weighted by Gasteiger charge is -2.21. The summed E-state index contributed by atoms with van der Waals surface area (Å²) in [7, 11) is 0. The smallest absolute Gasteiger partial charge is 0.245 e. The van der Waals surface area contributed by atoms with Gasteiger partial charge in [0.2, 0.25) is 17.6 Å². The van der Waals surface area contributed by atoms with E-state index in [2.05, 4.69) is 17.2 Å². The number of carbonyl (C=O) groups is 3. The Morgan fingerprint density at radius 2 is 1.93 bits per heavy atom. The molecule has 152 valence electrons. The summed E-state index contributed by atoms with van der Waals surface area (Å²) in [6.45, 7) is 8.89. The number of hydrogen-bond donors (Lipinski definition) is 3. The van der Waals surface area contributed by atoms with Crippen LogP contribution in [0.5, 0.6) is 0 Å². The van der Waals surface area contributed by atoms with E-state index in [4.69, 9.17) is 4.42 Å². The third kappa shape index (κ3) is 8.18. The van der Waals surface area contributed by atoms with Crippen molar-refractivity contribution in [1.29, 1.82) is 0 Å². The molecule has 0 saturated carbocycles. The predicted molar refractivity (Wildman–Crippen MR) is 107 cm³/mol. The van der Waals surface area contributed by atoms with Crippen molar-refractivity contribution in [2.45, 2.75) is 39.3 Å². The van der Waals surface area contributed by atoms with Crippen LogP contribution >= 0.6 is 0 Å². The summed E-state index contributed by atoms with van der Waals surface area (Å²) in [5.41, 5.74) is 0.690. The summed E-state index contributed by atoms with van der Waals surface area (Å²) in [6.07, 6.45) is 8.01. The Morgan fingerprint density at radius 3 is 2.46 bits per heavy atom. The van der Waals surface area contributed by atoms with Crippen LogP contribution in [0.4, 0.5) is 0 Å². The van der Waals surface area contributed by atoms with E-state index in [1.165, 1.54) is 18.4 Å². The lowest BCUT2D eigenvalue weighted by Crippen LogP contribution is -2.52. The number of allylic oxidation sites excluding steroid dienone is 3. The Labute approximate surface area is 165 Å². The zero-order valence-corrected chi connectivity index (χ0v) is 16.5. The largest absolute Gasteiger partial charge is 0.461 e. The molecule has 0 aliphatic rings. The van der Waals surface area contributed by atoms with Gasteiger partial charge in [-0.15, -0.1) is 6.58 Å². The zero-order valence-electron chi connectivity index (χ0n) is 16.5. The summed E-state index contributed by atoms with van der Waals surface area (Å²) >= 11 is 0. The van der Waals surface area contributed by atoms with Gasteiger partial charge in [-0.25, -0.2) is 0 Å². The maximum atomic E-state index is 12.5. The molecule has 7 heteroatoms. The van der Waals surface area contributed by atoms with E-state index in [0.717, 1.165) is 0 Å². The monoisotopic (exact) mass is 388 g/mol. The first-order chi connectivity index (χ1) is 13.2. The molecule has 2 amide bonds. The van der Waals surface area contributed by atoms with E-state index < -0.39 is 36.3 Å². The van der Waals surface area contributed by atoms with E-state index in [0.29, 0.717) is 11.5 Å². The highest BCUT2D eigenvalue weighted by atomic mass is 16.3. The van der Waals surface area contributed by atoms with Crippen LogP contribution in [0.25, 0.3) is 0 Å². The van der Waals surface area contributed by atoms with Gasteiger partial charge >= 0.3 is 0 Å². The number of aliphatic hydroxyl groups is 1. The quantitative estimate of drug-likeness (QED) is 0.233. The van der Waals surface area contributed by atoms with Crippen LogP contribution < -0.4 is 10.6 Å². The summed E-state index contributed by atoms with van der Waals surface area (Å²) in [4.78, 5) is 36.9. The molecule has 0 aliphatic heterocycles. The average Bonchev–Trinajstić information content (AvgIpc) is 3.16. The number of carbonyl (C=O) groups excluding carboxylic acids is 3. The average molecular weight is 388 g/mol. The second-order valence-corrected chi connectivity index (χ2v) is 6.80. The lowest BCUT2D eigenvalue weighted by atomic mass is 10.0. The predicted octanol–water partition coefficient (Wildman–Crippen LogP) is 2.16. The summed E-state index contributed by atoms with van der Waals surface area (Å²) in [5, 5.41) is 14.4. The first kappa shape index (κ1) is 23.1. The molecular weight excluding hydrogens is 360 g/mol. The van der Waals surface area contributed by atoms with Gasteiger partial charge in [0, 0.05) is 6.08 Å². The van der Waals surface area contributed by atoms with Gasteiger partial charge in [-0.3, -0.25) is 14.4 Å². The fourth-order valence-electron chi connectivity index (χ4n) is 2.26. The zero-order chi connectivity index (χ0) is 21.1. The van der Waals surface area contributed by atoms with Crippen molar-refractivity contribution in [1.82, 2.24) is 10.6 Å². The topological polar surface area (TPSA) is 109 Å². The summed E-state index contributed by atoms with van der Waals surface area (Å²) in [6, 6.07) is 0.972. The molecule has 1 heterocycles. The minimum absolute atomic E-state index is 0.107. The SMILES string of the molecule is C=C(C)C[C@H](NC(=O)C(CO)NC(=O)/C=C/C=C/C(C)C)C(=O)c1ccco1. The van der Waals surface area contributed by atoms with E-state index in [1.54, 1.807) is 25.1 Å². The van der Waals surface area contributed by atoms with Gasteiger partial charge in [-0.2, -0.15) is 0 Å². The Hall–Kier alpha value is -2.93. The fourth-order valence-corrected chi connectivity index (χ4v) is 2.26. The third-order valence-electron chi connectivity index (χ3n) is 3.62. The highest BCUT2D eigenvalue weighted by Gasteiger charge is 2.28. The van der Waals surface area contributed by atoms with Crippen LogP contribution in [0.1, 0.15) is 37.7 Å². The molecule has 28 heavy (non-hydrogen) atoms. The Kier molecular flexibility index (Phi) is 9.67. The molecule has 0 saturated heterocycles. The maximum Gasteiger partial charge on any atom is 0.245 e. The molecule has 0 radical (unpaired) electrons. The second kappa shape index (κ2) is 11.7. The van der Waals surface area contributed by atoms with Crippen LogP contribution in [0.15, 0.2) is 59.3 Å². The number of hydrogen-bond acceptors (Lipinski definition) is 5. The van der Waals surface area contributed by atoms with Crippen molar-refractivity contribution < 1.29 is 23.9 Å². The van der Waals surface area contributed by atoms with E-state index in [-0.39, 0.29) is 12.2 Å².